The number of anilines is 1. The summed E-state index contributed by atoms with van der Waals surface area (Å²) in [4.78, 5) is 11.9. The first kappa shape index (κ1) is 18.5. The molecule has 0 aromatic heterocycles. The van der Waals surface area contributed by atoms with E-state index in [0.29, 0.717) is 26.1 Å². The lowest BCUT2D eigenvalue weighted by molar-refractivity contribution is -0.121. The summed E-state index contributed by atoms with van der Waals surface area (Å²) in [5.41, 5.74) is 3.21. The molecule has 27 heavy (non-hydrogen) atoms. The molecule has 3 aromatic carbocycles. The molecule has 1 amide bonds. The molecule has 0 aliphatic carbocycles. The second kappa shape index (κ2) is 10.0. The molecule has 138 valence electrons. The molecule has 0 unspecified atom stereocenters. The van der Waals surface area contributed by atoms with Crippen LogP contribution < -0.4 is 15.4 Å². The lowest BCUT2D eigenvalue weighted by Crippen LogP contribution is -2.24. The van der Waals surface area contributed by atoms with Crippen molar-refractivity contribution in [2.45, 2.75) is 19.6 Å². The first-order valence-corrected chi connectivity index (χ1v) is 9.11. The number of amides is 1. The molecule has 0 radical (unpaired) electrons. The van der Waals surface area contributed by atoms with E-state index in [0.717, 1.165) is 22.6 Å². The summed E-state index contributed by atoms with van der Waals surface area (Å²) >= 11 is 0. The van der Waals surface area contributed by atoms with Crippen LogP contribution in [0.1, 0.15) is 17.5 Å². The van der Waals surface area contributed by atoms with E-state index in [1.54, 1.807) is 0 Å². The fourth-order valence-corrected chi connectivity index (χ4v) is 2.62. The minimum absolute atomic E-state index is 0.0363. The summed E-state index contributed by atoms with van der Waals surface area (Å²) < 4.78 is 5.77. The molecule has 0 aliphatic heterocycles. The van der Waals surface area contributed by atoms with Crippen LogP contribution in [0, 0.1) is 0 Å². The molecule has 4 heteroatoms. The Kier molecular flexibility index (Phi) is 6.87. The molecular formula is C23H24N2O2. The van der Waals surface area contributed by atoms with E-state index in [2.05, 4.69) is 10.6 Å². The van der Waals surface area contributed by atoms with Gasteiger partial charge in [0.2, 0.25) is 5.91 Å². The van der Waals surface area contributed by atoms with Crippen molar-refractivity contribution in [2.75, 3.05) is 11.9 Å². The molecule has 4 nitrogen and oxygen atoms in total. The lowest BCUT2D eigenvalue weighted by Gasteiger charge is -2.09. The van der Waals surface area contributed by atoms with E-state index in [9.17, 15) is 4.79 Å². The van der Waals surface area contributed by atoms with E-state index in [-0.39, 0.29) is 5.91 Å². The molecule has 3 rings (SSSR count). The molecule has 0 aliphatic rings. The fraction of sp³-hybridized carbons (Fsp3) is 0.174. The van der Waals surface area contributed by atoms with E-state index < -0.39 is 0 Å². The van der Waals surface area contributed by atoms with Crippen LogP contribution in [0.25, 0.3) is 0 Å². The third-order valence-electron chi connectivity index (χ3n) is 4.12. The topological polar surface area (TPSA) is 50.4 Å². The molecule has 0 saturated carbocycles. The Bertz CT molecular complexity index is 818. The molecule has 2 N–H and O–H groups in total. The summed E-state index contributed by atoms with van der Waals surface area (Å²) in [5, 5.41) is 6.19. The van der Waals surface area contributed by atoms with Crippen molar-refractivity contribution in [1.82, 2.24) is 5.32 Å². The Morgan fingerprint density at radius 2 is 1.41 bits per heavy atom. The predicted molar refractivity (Wildman–Crippen MR) is 109 cm³/mol. The molecular weight excluding hydrogens is 336 g/mol. The summed E-state index contributed by atoms with van der Waals surface area (Å²) in [6, 6.07) is 27.8. The van der Waals surface area contributed by atoms with E-state index in [1.165, 1.54) is 0 Å². The van der Waals surface area contributed by atoms with Crippen molar-refractivity contribution in [3.63, 3.8) is 0 Å². The van der Waals surface area contributed by atoms with E-state index in [1.807, 2.05) is 84.9 Å². The van der Waals surface area contributed by atoms with Crippen molar-refractivity contribution in [3.8, 4) is 5.75 Å². The van der Waals surface area contributed by atoms with Gasteiger partial charge >= 0.3 is 0 Å². The van der Waals surface area contributed by atoms with Crippen molar-refractivity contribution < 1.29 is 9.53 Å². The quantitative estimate of drug-likeness (QED) is 0.595. The zero-order valence-corrected chi connectivity index (χ0v) is 15.2. The number of nitrogens with one attached hydrogen (secondary N) is 2. The third-order valence-corrected chi connectivity index (χ3v) is 4.12. The molecule has 0 bridgehead atoms. The van der Waals surface area contributed by atoms with Crippen LogP contribution in [0.15, 0.2) is 84.9 Å². The van der Waals surface area contributed by atoms with Gasteiger partial charge < -0.3 is 15.4 Å². The maximum absolute atomic E-state index is 11.9. The monoisotopic (exact) mass is 360 g/mol. The van der Waals surface area contributed by atoms with Crippen LogP contribution in [0.4, 0.5) is 5.69 Å². The van der Waals surface area contributed by atoms with Gasteiger partial charge in [-0.2, -0.15) is 0 Å². The largest absolute Gasteiger partial charge is 0.489 e. The normalized spacial score (nSPS) is 10.2. The molecule has 0 heterocycles. The van der Waals surface area contributed by atoms with Gasteiger partial charge in [0.25, 0.3) is 0 Å². The van der Waals surface area contributed by atoms with Crippen molar-refractivity contribution in [3.05, 3.63) is 96.1 Å². The highest BCUT2D eigenvalue weighted by Crippen LogP contribution is 2.17. The standard InChI is InChI=1S/C23H24N2O2/c26-23(25-17-19-7-3-1-4-8-19)15-16-24-21-11-13-22(14-12-21)27-18-20-9-5-2-6-10-20/h1-14,24H,15-18H2,(H,25,26). The summed E-state index contributed by atoms with van der Waals surface area (Å²) in [6.07, 6.45) is 0.430. The Morgan fingerprint density at radius 1 is 0.778 bits per heavy atom. The van der Waals surface area contributed by atoms with Gasteiger partial charge in [-0.25, -0.2) is 0 Å². The maximum Gasteiger partial charge on any atom is 0.222 e. The first-order chi connectivity index (χ1) is 13.3. The number of rotatable bonds is 9. The van der Waals surface area contributed by atoms with Crippen molar-refractivity contribution in [2.24, 2.45) is 0 Å². The SMILES string of the molecule is O=C(CCNc1ccc(OCc2ccccc2)cc1)NCc1ccccc1. The molecule has 0 saturated heterocycles. The van der Waals surface area contributed by atoms with Crippen LogP contribution in [0.5, 0.6) is 5.75 Å². The van der Waals surface area contributed by atoms with Gasteiger partial charge in [-0.1, -0.05) is 60.7 Å². The van der Waals surface area contributed by atoms with Gasteiger partial charge in [0.05, 0.1) is 0 Å². The van der Waals surface area contributed by atoms with Crippen molar-refractivity contribution >= 4 is 11.6 Å². The lowest BCUT2D eigenvalue weighted by atomic mass is 10.2. The highest BCUT2D eigenvalue weighted by Gasteiger charge is 2.02. The minimum atomic E-state index is 0.0363. The Balaban J connectivity index is 1.35. The zero-order valence-electron chi connectivity index (χ0n) is 15.2. The second-order valence-electron chi connectivity index (χ2n) is 6.24. The predicted octanol–water partition coefficient (Wildman–Crippen LogP) is 4.38. The van der Waals surface area contributed by atoms with Gasteiger partial charge in [0.1, 0.15) is 12.4 Å². The van der Waals surface area contributed by atoms with Gasteiger partial charge in [-0.05, 0) is 35.4 Å². The number of ether oxygens (including phenoxy) is 1. The summed E-state index contributed by atoms with van der Waals surface area (Å²) in [7, 11) is 0. The Labute approximate surface area is 160 Å². The minimum Gasteiger partial charge on any atom is -0.489 e. The van der Waals surface area contributed by atoms with Gasteiger partial charge in [-0.15, -0.1) is 0 Å². The summed E-state index contributed by atoms with van der Waals surface area (Å²) in [5.74, 6) is 0.860. The van der Waals surface area contributed by atoms with E-state index >= 15 is 0 Å². The van der Waals surface area contributed by atoms with Gasteiger partial charge in [-0.3, -0.25) is 4.79 Å². The number of carbonyl (C=O) groups is 1. The number of carbonyl (C=O) groups excluding carboxylic acids is 1. The molecule has 0 atom stereocenters. The number of hydrogen-bond acceptors (Lipinski definition) is 3. The maximum atomic E-state index is 11.9. The van der Waals surface area contributed by atoms with Gasteiger partial charge in [0, 0.05) is 25.2 Å². The zero-order chi connectivity index (χ0) is 18.7. The Morgan fingerprint density at radius 3 is 2.07 bits per heavy atom. The van der Waals surface area contributed by atoms with Crippen LogP contribution in [0.2, 0.25) is 0 Å². The molecule has 0 spiro atoms. The van der Waals surface area contributed by atoms with E-state index in [4.69, 9.17) is 4.74 Å². The molecule has 3 aromatic rings. The van der Waals surface area contributed by atoms with Crippen LogP contribution in [-0.4, -0.2) is 12.5 Å². The van der Waals surface area contributed by atoms with Crippen LogP contribution >= 0.6 is 0 Å². The summed E-state index contributed by atoms with van der Waals surface area (Å²) in [6.45, 7) is 1.70. The fourth-order valence-electron chi connectivity index (χ4n) is 2.62. The number of benzene rings is 3. The smallest absolute Gasteiger partial charge is 0.222 e. The second-order valence-corrected chi connectivity index (χ2v) is 6.24. The molecule has 0 fully saturated rings. The van der Waals surface area contributed by atoms with Crippen LogP contribution in [0.3, 0.4) is 0 Å². The average molecular weight is 360 g/mol. The first-order valence-electron chi connectivity index (χ1n) is 9.11. The third kappa shape index (κ3) is 6.51. The average Bonchev–Trinajstić information content (AvgIpc) is 2.73. The van der Waals surface area contributed by atoms with Crippen LogP contribution in [-0.2, 0) is 17.9 Å². The number of hydrogen-bond donors (Lipinski definition) is 2. The highest BCUT2D eigenvalue weighted by molar-refractivity contribution is 5.76. The van der Waals surface area contributed by atoms with Crippen molar-refractivity contribution in [1.29, 1.82) is 0 Å². The Hall–Kier alpha value is -3.27. The highest BCUT2D eigenvalue weighted by atomic mass is 16.5. The van der Waals surface area contributed by atoms with Gasteiger partial charge in [0.15, 0.2) is 0 Å².